The third kappa shape index (κ3) is 2.50. The van der Waals surface area contributed by atoms with Crippen LogP contribution in [-0.2, 0) is 4.79 Å². The normalized spacial score (nSPS) is 13.1. The van der Waals surface area contributed by atoms with Crippen LogP contribution in [0.15, 0.2) is 29.8 Å². The maximum Gasteiger partial charge on any atom is 0.255 e. The molecular formula is C17H17NO2. The predicted octanol–water partition coefficient (Wildman–Crippen LogP) is 2.57. The summed E-state index contributed by atoms with van der Waals surface area (Å²) in [7, 11) is 0. The third-order valence-electron chi connectivity index (χ3n) is 3.11. The largest absolute Gasteiger partial charge is 0.350 e. The van der Waals surface area contributed by atoms with Crippen LogP contribution in [0.4, 0.5) is 0 Å². The molecule has 1 aromatic rings. The number of nitrogens with one attached hydrogen (secondary N) is 1. The van der Waals surface area contributed by atoms with Gasteiger partial charge in [0.25, 0.3) is 5.91 Å². The summed E-state index contributed by atoms with van der Waals surface area (Å²) >= 11 is 0. The lowest BCUT2D eigenvalue weighted by Gasteiger charge is -2.09. The second-order valence-corrected chi connectivity index (χ2v) is 4.96. The zero-order valence-electron chi connectivity index (χ0n) is 11.9. The van der Waals surface area contributed by atoms with E-state index < -0.39 is 0 Å². The molecule has 0 unspecified atom stereocenters. The summed E-state index contributed by atoms with van der Waals surface area (Å²) in [6, 6.07) is 7.30. The van der Waals surface area contributed by atoms with E-state index in [9.17, 15) is 9.59 Å². The predicted molar refractivity (Wildman–Crippen MR) is 79.0 cm³/mol. The number of hydrogen-bond acceptors (Lipinski definition) is 2. The Hall–Kier alpha value is -2.34. The van der Waals surface area contributed by atoms with Crippen molar-refractivity contribution in [2.75, 3.05) is 0 Å². The lowest BCUT2D eigenvalue weighted by molar-refractivity contribution is -0.117. The summed E-state index contributed by atoms with van der Waals surface area (Å²) in [6.07, 6.45) is 0.417. The van der Waals surface area contributed by atoms with Crippen LogP contribution in [0.1, 0.15) is 43.1 Å². The molecule has 102 valence electrons. The van der Waals surface area contributed by atoms with Crippen LogP contribution in [0.5, 0.6) is 0 Å². The third-order valence-corrected chi connectivity index (χ3v) is 3.11. The number of carbonyl (C=O) groups excluding carboxylic acids is 2. The minimum absolute atomic E-state index is 0.00924. The number of amides is 1. The van der Waals surface area contributed by atoms with Gasteiger partial charge in [0.1, 0.15) is 0 Å². The van der Waals surface area contributed by atoms with Gasteiger partial charge in [0.15, 0.2) is 5.78 Å². The standard InChI is InChI=1S/C17H17NO2/c1-4-5-8-13-12-9-6-7-10-14(12)16(19)15(13)17(20)18-11(2)3/h6-7,9-11H,8H2,1-3H3,(H,18,20). The van der Waals surface area contributed by atoms with E-state index in [4.69, 9.17) is 0 Å². The zero-order chi connectivity index (χ0) is 14.7. The van der Waals surface area contributed by atoms with Crippen molar-refractivity contribution in [1.29, 1.82) is 0 Å². The van der Waals surface area contributed by atoms with Gasteiger partial charge in [0.2, 0.25) is 0 Å². The molecule has 0 aliphatic heterocycles. The maximum absolute atomic E-state index is 12.4. The Morgan fingerprint density at radius 2 is 1.90 bits per heavy atom. The van der Waals surface area contributed by atoms with E-state index >= 15 is 0 Å². The van der Waals surface area contributed by atoms with Gasteiger partial charge in [0, 0.05) is 18.0 Å². The SMILES string of the molecule is CC#CCC1=C(C(=O)NC(C)C)C(=O)c2ccccc21. The minimum Gasteiger partial charge on any atom is -0.350 e. The van der Waals surface area contributed by atoms with Crippen LogP contribution in [0.25, 0.3) is 5.57 Å². The molecule has 1 aliphatic carbocycles. The van der Waals surface area contributed by atoms with E-state index in [0.717, 1.165) is 11.1 Å². The molecule has 0 heterocycles. The molecule has 0 radical (unpaired) electrons. The van der Waals surface area contributed by atoms with E-state index in [1.54, 1.807) is 13.0 Å². The Labute approximate surface area is 119 Å². The lowest BCUT2D eigenvalue weighted by atomic mass is 10.0. The Kier molecular flexibility index (Phi) is 4.05. The highest BCUT2D eigenvalue weighted by molar-refractivity contribution is 6.34. The molecule has 0 fully saturated rings. The number of hydrogen-bond donors (Lipinski definition) is 1. The second kappa shape index (κ2) is 5.75. The summed E-state index contributed by atoms with van der Waals surface area (Å²) < 4.78 is 0. The monoisotopic (exact) mass is 267 g/mol. The van der Waals surface area contributed by atoms with Crippen molar-refractivity contribution in [2.45, 2.75) is 33.2 Å². The van der Waals surface area contributed by atoms with E-state index in [1.165, 1.54) is 0 Å². The van der Waals surface area contributed by atoms with Gasteiger partial charge >= 0.3 is 0 Å². The van der Waals surface area contributed by atoms with Gasteiger partial charge in [-0.3, -0.25) is 9.59 Å². The first kappa shape index (κ1) is 14.1. The van der Waals surface area contributed by atoms with Gasteiger partial charge in [-0.05, 0) is 31.9 Å². The van der Waals surface area contributed by atoms with E-state index in [1.807, 2.05) is 32.0 Å². The number of benzene rings is 1. The van der Waals surface area contributed by atoms with Crippen molar-refractivity contribution in [3.63, 3.8) is 0 Å². The van der Waals surface area contributed by atoms with Crippen LogP contribution in [0.3, 0.4) is 0 Å². The average molecular weight is 267 g/mol. The van der Waals surface area contributed by atoms with Gasteiger partial charge in [0.05, 0.1) is 5.57 Å². The van der Waals surface area contributed by atoms with E-state index in [0.29, 0.717) is 12.0 Å². The highest BCUT2D eigenvalue weighted by Gasteiger charge is 2.33. The molecule has 0 saturated carbocycles. The Bertz CT molecular complexity index is 657. The highest BCUT2D eigenvalue weighted by atomic mass is 16.2. The molecule has 20 heavy (non-hydrogen) atoms. The first-order chi connectivity index (χ1) is 9.56. The fraction of sp³-hybridized carbons (Fsp3) is 0.294. The minimum atomic E-state index is -0.311. The first-order valence-electron chi connectivity index (χ1n) is 6.64. The van der Waals surface area contributed by atoms with Crippen LogP contribution in [-0.4, -0.2) is 17.7 Å². The molecule has 1 amide bonds. The summed E-state index contributed by atoms with van der Waals surface area (Å²) in [4.78, 5) is 24.7. The number of carbonyl (C=O) groups is 2. The highest BCUT2D eigenvalue weighted by Crippen LogP contribution is 2.34. The van der Waals surface area contributed by atoms with Gasteiger partial charge in [-0.15, -0.1) is 5.92 Å². The van der Waals surface area contributed by atoms with Crippen molar-refractivity contribution in [2.24, 2.45) is 0 Å². The van der Waals surface area contributed by atoms with Gasteiger partial charge < -0.3 is 5.32 Å². The van der Waals surface area contributed by atoms with Crippen molar-refractivity contribution < 1.29 is 9.59 Å². The van der Waals surface area contributed by atoms with Crippen molar-refractivity contribution in [3.8, 4) is 11.8 Å². The molecule has 1 aromatic carbocycles. The average Bonchev–Trinajstić information content (AvgIpc) is 2.69. The van der Waals surface area contributed by atoms with Crippen LogP contribution in [0, 0.1) is 11.8 Å². The van der Waals surface area contributed by atoms with Crippen LogP contribution < -0.4 is 5.32 Å². The summed E-state index contributed by atoms with van der Waals surface area (Å²) in [6.45, 7) is 5.49. The Balaban J connectivity index is 2.51. The molecular weight excluding hydrogens is 250 g/mol. The summed E-state index contributed by atoms with van der Waals surface area (Å²) in [5.41, 5.74) is 2.39. The second-order valence-electron chi connectivity index (χ2n) is 4.96. The van der Waals surface area contributed by atoms with Crippen molar-refractivity contribution in [3.05, 3.63) is 41.0 Å². The topological polar surface area (TPSA) is 46.2 Å². The Morgan fingerprint density at radius 1 is 1.25 bits per heavy atom. The molecule has 1 N–H and O–H groups in total. The number of allylic oxidation sites excluding steroid dienone is 1. The van der Waals surface area contributed by atoms with Gasteiger partial charge in [-0.2, -0.15) is 0 Å². The Morgan fingerprint density at radius 3 is 2.50 bits per heavy atom. The quantitative estimate of drug-likeness (QED) is 0.676. The van der Waals surface area contributed by atoms with Gasteiger partial charge in [-0.1, -0.05) is 30.2 Å². The van der Waals surface area contributed by atoms with Crippen LogP contribution >= 0.6 is 0 Å². The molecule has 2 rings (SSSR count). The molecule has 0 atom stereocenters. The number of Topliss-reactive ketones (excluding diaryl/α,β-unsaturated/α-hetero) is 1. The first-order valence-corrected chi connectivity index (χ1v) is 6.64. The molecule has 0 bridgehead atoms. The summed E-state index contributed by atoms with van der Waals surface area (Å²) in [5.74, 6) is 5.25. The fourth-order valence-corrected chi connectivity index (χ4v) is 2.29. The summed E-state index contributed by atoms with van der Waals surface area (Å²) in [5, 5.41) is 2.79. The maximum atomic E-state index is 12.4. The smallest absolute Gasteiger partial charge is 0.255 e. The molecule has 3 nitrogen and oxygen atoms in total. The van der Waals surface area contributed by atoms with Crippen molar-refractivity contribution >= 4 is 17.3 Å². The number of fused-ring (bicyclic) bond motifs is 1. The van der Waals surface area contributed by atoms with E-state index in [-0.39, 0.29) is 23.3 Å². The zero-order valence-corrected chi connectivity index (χ0v) is 11.9. The lowest BCUT2D eigenvalue weighted by Crippen LogP contribution is -2.33. The van der Waals surface area contributed by atoms with E-state index in [2.05, 4.69) is 17.2 Å². The van der Waals surface area contributed by atoms with Crippen LogP contribution in [0.2, 0.25) is 0 Å². The number of rotatable bonds is 3. The molecule has 3 heteroatoms. The molecule has 0 saturated heterocycles. The number of ketones is 1. The molecule has 1 aliphatic rings. The van der Waals surface area contributed by atoms with Gasteiger partial charge in [-0.25, -0.2) is 0 Å². The molecule has 0 aromatic heterocycles. The fourth-order valence-electron chi connectivity index (χ4n) is 2.29. The molecule has 0 spiro atoms. The van der Waals surface area contributed by atoms with Crippen molar-refractivity contribution in [1.82, 2.24) is 5.32 Å².